The van der Waals surface area contributed by atoms with Crippen molar-refractivity contribution >= 4 is 12.2 Å². The summed E-state index contributed by atoms with van der Waals surface area (Å²) < 4.78 is 0. The zero-order valence-corrected chi connectivity index (χ0v) is 20.2. The first-order valence-electron chi connectivity index (χ1n) is 12.2. The second-order valence-electron chi connectivity index (χ2n) is 7.80. The van der Waals surface area contributed by atoms with Crippen molar-refractivity contribution < 1.29 is 0 Å². The quantitative estimate of drug-likeness (QED) is 0.481. The highest BCUT2D eigenvalue weighted by Gasteiger charge is 2.24. The van der Waals surface area contributed by atoms with Gasteiger partial charge in [-0.15, -0.1) is 0 Å². The van der Waals surface area contributed by atoms with Gasteiger partial charge in [0.05, 0.1) is 12.0 Å². The Labute approximate surface area is 189 Å². The van der Waals surface area contributed by atoms with Crippen LogP contribution in [0.4, 0.5) is 5.82 Å². The van der Waals surface area contributed by atoms with Gasteiger partial charge in [-0.2, -0.15) is 0 Å². The first-order chi connectivity index (χ1) is 15.3. The predicted octanol–water partition coefficient (Wildman–Crippen LogP) is 2.98. The summed E-state index contributed by atoms with van der Waals surface area (Å²) >= 11 is 0. The van der Waals surface area contributed by atoms with E-state index >= 15 is 0 Å². The average molecular weight is 430 g/mol. The van der Waals surface area contributed by atoms with Crippen LogP contribution in [0.2, 0.25) is 0 Å². The molecule has 0 aliphatic carbocycles. The van der Waals surface area contributed by atoms with Crippen LogP contribution in [0, 0.1) is 0 Å². The summed E-state index contributed by atoms with van der Waals surface area (Å²) in [7, 11) is 0. The molecule has 7 heteroatoms. The van der Waals surface area contributed by atoms with E-state index in [1.807, 2.05) is 27.0 Å². The fourth-order valence-electron chi connectivity index (χ4n) is 4.03. The van der Waals surface area contributed by atoms with Gasteiger partial charge in [0.1, 0.15) is 12.1 Å². The first-order valence-corrected chi connectivity index (χ1v) is 12.2. The second kappa shape index (κ2) is 14.9. The largest absolute Gasteiger partial charge is 0.354 e. The van der Waals surface area contributed by atoms with Crippen LogP contribution in [0.1, 0.15) is 51.8 Å². The summed E-state index contributed by atoms with van der Waals surface area (Å²) in [4.78, 5) is 21.1. The lowest BCUT2D eigenvalue weighted by Crippen LogP contribution is -2.47. The van der Waals surface area contributed by atoms with E-state index in [4.69, 9.17) is 4.98 Å². The van der Waals surface area contributed by atoms with Crippen molar-refractivity contribution in [2.24, 2.45) is 4.99 Å². The number of hydrogen-bond acceptors (Lipinski definition) is 6. The Balaban J connectivity index is 0.00000166. The Morgan fingerprint density at radius 1 is 1.00 bits per heavy atom. The van der Waals surface area contributed by atoms with E-state index in [-0.39, 0.29) is 0 Å². The van der Waals surface area contributed by atoms with Gasteiger partial charge in [-0.1, -0.05) is 33.3 Å². The lowest BCUT2D eigenvalue weighted by molar-refractivity contribution is 0.253. The standard InChI is InChI=1S/C22H37N7.C2H6/c1-3-5-10-28-14-16-29(17-15-28)22-20-7-12-27(11-6-9-24-18-23-4-2)13-8-21(20)25-19-26-22;1-2/h6,9,18-19H,3-5,7-8,10-17H2,1-2H3,(H,23,24);1-2H3/b9-6+;. The number of nitrogens with one attached hydrogen (secondary N) is 1. The molecule has 3 heterocycles. The highest BCUT2D eigenvalue weighted by molar-refractivity contribution is 5.55. The van der Waals surface area contributed by atoms with Gasteiger partial charge in [0, 0.05) is 64.3 Å². The van der Waals surface area contributed by atoms with E-state index in [9.17, 15) is 0 Å². The Morgan fingerprint density at radius 3 is 2.52 bits per heavy atom. The third kappa shape index (κ3) is 8.22. The smallest absolute Gasteiger partial charge is 0.135 e. The molecule has 0 amide bonds. The topological polar surface area (TPSA) is 59.9 Å². The van der Waals surface area contributed by atoms with E-state index in [0.29, 0.717) is 0 Å². The van der Waals surface area contributed by atoms with Crippen LogP contribution < -0.4 is 10.2 Å². The highest BCUT2D eigenvalue weighted by atomic mass is 15.3. The summed E-state index contributed by atoms with van der Waals surface area (Å²) in [6.45, 7) is 17.8. The van der Waals surface area contributed by atoms with Gasteiger partial charge in [0.25, 0.3) is 0 Å². The molecule has 2 aliphatic rings. The molecule has 1 N–H and O–H groups in total. The van der Waals surface area contributed by atoms with E-state index in [1.54, 1.807) is 12.7 Å². The van der Waals surface area contributed by atoms with Crippen LogP contribution in [0.3, 0.4) is 0 Å². The molecule has 174 valence electrons. The maximum atomic E-state index is 4.71. The van der Waals surface area contributed by atoms with Crippen molar-refractivity contribution in [3.8, 4) is 0 Å². The lowest BCUT2D eigenvalue weighted by Gasteiger charge is -2.36. The highest BCUT2D eigenvalue weighted by Crippen LogP contribution is 2.24. The Bertz CT molecular complexity index is 666. The summed E-state index contributed by atoms with van der Waals surface area (Å²) in [6, 6.07) is 0. The fraction of sp³-hybridized carbons (Fsp3) is 0.708. The molecular weight excluding hydrogens is 386 g/mol. The van der Waals surface area contributed by atoms with Crippen LogP contribution in [-0.4, -0.2) is 85.0 Å². The molecule has 7 nitrogen and oxygen atoms in total. The van der Waals surface area contributed by atoms with Gasteiger partial charge in [-0.05, 0) is 32.5 Å². The van der Waals surface area contributed by atoms with E-state index in [0.717, 1.165) is 65.2 Å². The number of rotatable bonds is 9. The van der Waals surface area contributed by atoms with Crippen molar-refractivity contribution in [3.63, 3.8) is 0 Å². The number of hydrogen-bond donors (Lipinski definition) is 1. The number of unbranched alkanes of at least 4 members (excludes halogenated alkanes) is 1. The van der Waals surface area contributed by atoms with Gasteiger partial charge in [-0.25, -0.2) is 9.97 Å². The van der Waals surface area contributed by atoms with Gasteiger partial charge in [0.2, 0.25) is 0 Å². The lowest BCUT2D eigenvalue weighted by atomic mass is 10.1. The van der Waals surface area contributed by atoms with Crippen LogP contribution in [-0.2, 0) is 12.8 Å². The normalized spacial score (nSPS) is 18.0. The molecule has 1 aromatic heterocycles. The van der Waals surface area contributed by atoms with Gasteiger partial charge < -0.3 is 10.2 Å². The summed E-state index contributed by atoms with van der Waals surface area (Å²) in [6.07, 6.45) is 12.3. The van der Waals surface area contributed by atoms with Crippen LogP contribution in [0.5, 0.6) is 0 Å². The predicted molar refractivity (Wildman–Crippen MR) is 132 cm³/mol. The number of fused-ring (bicyclic) bond motifs is 1. The number of anilines is 1. The van der Waals surface area contributed by atoms with Crippen LogP contribution >= 0.6 is 0 Å². The van der Waals surface area contributed by atoms with Crippen molar-refractivity contribution in [2.75, 3.05) is 63.8 Å². The molecule has 0 saturated carbocycles. The van der Waals surface area contributed by atoms with Gasteiger partial charge >= 0.3 is 0 Å². The Morgan fingerprint density at radius 2 is 1.77 bits per heavy atom. The molecular formula is C24H43N7. The average Bonchev–Trinajstić information content (AvgIpc) is 3.04. The van der Waals surface area contributed by atoms with E-state index in [1.165, 1.54) is 36.5 Å². The minimum absolute atomic E-state index is 0.808. The van der Waals surface area contributed by atoms with Gasteiger partial charge in [0.15, 0.2) is 0 Å². The molecule has 0 unspecified atom stereocenters. The summed E-state index contributed by atoms with van der Waals surface area (Å²) in [5.41, 5.74) is 2.61. The zero-order valence-electron chi connectivity index (χ0n) is 20.2. The molecule has 1 fully saturated rings. The second-order valence-corrected chi connectivity index (χ2v) is 7.80. The van der Waals surface area contributed by atoms with Crippen molar-refractivity contribution in [1.29, 1.82) is 0 Å². The maximum Gasteiger partial charge on any atom is 0.135 e. The molecule has 0 radical (unpaired) electrons. The van der Waals surface area contributed by atoms with Crippen molar-refractivity contribution in [3.05, 3.63) is 29.9 Å². The third-order valence-electron chi connectivity index (χ3n) is 5.78. The number of nitrogens with zero attached hydrogens (tertiary/aromatic N) is 6. The number of aromatic nitrogens is 2. The minimum atomic E-state index is 0.808. The number of aliphatic imine (C=N–C) groups is 1. The van der Waals surface area contributed by atoms with Crippen LogP contribution in [0.25, 0.3) is 0 Å². The Kier molecular flexibility index (Phi) is 12.2. The fourth-order valence-corrected chi connectivity index (χ4v) is 4.03. The van der Waals surface area contributed by atoms with Crippen LogP contribution in [0.15, 0.2) is 23.6 Å². The Hall–Kier alpha value is -1.99. The molecule has 0 aromatic carbocycles. The minimum Gasteiger partial charge on any atom is -0.354 e. The zero-order chi connectivity index (χ0) is 22.3. The molecule has 0 atom stereocenters. The molecule has 0 bridgehead atoms. The monoisotopic (exact) mass is 429 g/mol. The summed E-state index contributed by atoms with van der Waals surface area (Å²) in [5, 5.41) is 3.10. The van der Waals surface area contributed by atoms with Gasteiger partial charge in [-0.3, -0.25) is 14.8 Å². The van der Waals surface area contributed by atoms with E-state index < -0.39 is 0 Å². The molecule has 1 aromatic rings. The summed E-state index contributed by atoms with van der Waals surface area (Å²) in [5.74, 6) is 1.18. The molecule has 31 heavy (non-hydrogen) atoms. The number of piperazine rings is 1. The molecule has 0 spiro atoms. The van der Waals surface area contributed by atoms with E-state index in [2.05, 4.69) is 43.0 Å². The van der Waals surface area contributed by atoms with Crippen molar-refractivity contribution in [1.82, 2.24) is 25.1 Å². The molecule has 1 saturated heterocycles. The molecule has 2 aliphatic heterocycles. The third-order valence-corrected chi connectivity index (χ3v) is 5.78. The van der Waals surface area contributed by atoms with Crippen molar-refractivity contribution in [2.45, 2.75) is 53.4 Å². The first kappa shape index (κ1) is 25.3. The maximum absolute atomic E-state index is 4.71. The molecule has 3 rings (SSSR count). The SMILES string of the molecule is CC.CCCCN1CCN(c2ncnc3c2CCN(C/C=C/NC=NCC)CC3)CC1.